The molecule has 4 aromatic heterocycles. The van der Waals surface area contributed by atoms with Gasteiger partial charge in [-0.1, -0.05) is 35.9 Å². The van der Waals surface area contributed by atoms with E-state index in [1.165, 1.54) is 0 Å². The normalized spacial score (nSPS) is 11.2. The molecule has 38 heavy (non-hydrogen) atoms. The zero-order valence-corrected chi connectivity index (χ0v) is 21.2. The lowest BCUT2D eigenvalue weighted by Crippen LogP contribution is -2.15. The lowest BCUT2D eigenvalue weighted by Gasteiger charge is -2.03. The number of halogens is 1. The summed E-state index contributed by atoms with van der Waals surface area (Å²) in [5, 5.41) is 8.24. The molecule has 0 spiro atoms. The van der Waals surface area contributed by atoms with Crippen LogP contribution in [-0.4, -0.2) is 35.9 Å². The SMILES string of the molecule is Cn1cc(NC(=O)c2cc3ccccc3cn2)cc1C(=O)Nc1cc(-c2nc3cc(Cl)ccc3[nH]2)n(C)c1. The number of anilines is 2. The quantitative estimate of drug-likeness (QED) is 0.272. The van der Waals surface area contributed by atoms with Crippen molar-refractivity contribution in [2.75, 3.05) is 10.6 Å². The summed E-state index contributed by atoms with van der Waals surface area (Å²) < 4.78 is 3.54. The Morgan fingerprint density at radius 3 is 2.45 bits per heavy atom. The number of aromatic nitrogens is 5. The van der Waals surface area contributed by atoms with Gasteiger partial charge in [0.1, 0.15) is 11.4 Å². The van der Waals surface area contributed by atoms with Crippen molar-refractivity contribution >= 4 is 56.6 Å². The van der Waals surface area contributed by atoms with E-state index in [4.69, 9.17) is 11.6 Å². The Morgan fingerprint density at radius 2 is 1.61 bits per heavy atom. The number of aromatic amines is 1. The number of hydrogen-bond donors (Lipinski definition) is 3. The molecule has 3 N–H and O–H groups in total. The third-order valence-corrected chi connectivity index (χ3v) is 6.54. The molecule has 0 bridgehead atoms. The van der Waals surface area contributed by atoms with Gasteiger partial charge in [-0.05, 0) is 41.8 Å². The maximum Gasteiger partial charge on any atom is 0.274 e. The van der Waals surface area contributed by atoms with Crippen molar-refractivity contribution in [3.05, 3.63) is 95.7 Å². The largest absolute Gasteiger partial charge is 0.346 e. The van der Waals surface area contributed by atoms with E-state index in [0.717, 1.165) is 27.5 Å². The summed E-state index contributed by atoms with van der Waals surface area (Å²) in [7, 11) is 3.62. The van der Waals surface area contributed by atoms with Crippen molar-refractivity contribution in [3.8, 4) is 11.5 Å². The average Bonchev–Trinajstić information content (AvgIpc) is 3.59. The minimum atomic E-state index is -0.354. The first-order chi connectivity index (χ1) is 18.3. The number of nitrogens with one attached hydrogen (secondary N) is 3. The molecule has 0 radical (unpaired) electrons. The van der Waals surface area contributed by atoms with Crippen LogP contribution in [0.4, 0.5) is 11.4 Å². The van der Waals surface area contributed by atoms with Crippen molar-refractivity contribution in [1.82, 2.24) is 24.1 Å². The summed E-state index contributed by atoms with van der Waals surface area (Å²) in [4.78, 5) is 38.0. The molecule has 0 aliphatic rings. The smallest absolute Gasteiger partial charge is 0.274 e. The Bertz CT molecular complexity index is 1860. The van der Waals surface area contributed by atoms with E-state index in [0.29, 0.717) is 33.6 Å². The number of fused-ring (bicyclic) bond motifs is 2. The number of aryl methyl sites for hydroxylation is 2. The lowest BCUT2D eigenvalue weighted by atomic mass is 10.1. The Balaban J connectivity index is 1.18. The van der Waals surface area contributed by atoms with Crippen LogP contribution in [0.15, 0.2) is 79.3 Å². The molecular formula is C28H22ClN7O2. The molecule has 0 fully saturated rings. The van der Waals surface area contributed by atoms with Gasteiger partial charge >= 0.3 is 0 Å². The third-order valence-electron chi connectivity index (χ3n) is 6.31. The first-order valence-corrected chi connectivity index (χ1v) is 12.2. The number of carbonyl (C=O) groups is 2. The van der Waals surface area contributed by atoms with Gasteiger partial charge in [0, 0.05) is 43.1 Å². The van der Waals surface area contributed by atoms with Crippen LogP contribution in [0.1, 0.15) is 21.0 Å². The predicted octanol–water partition coefficient (Wildman–Crippen LogP) is 5.61. The number of carbonyl (C=O) groups excluding carboxylic acids is 2. The monoisotopic (exact) mass is 523 g/mol. The molecule has 188 valence electrons. The van der Waals surface area contributed by atoms with E-state index in [2.05, 4.69) is 25.6 Å². The highest BCUT2D eigenvalue weighted by Crippen LogP contribution is 2.26. The Labute approximate surface area is 222 Å². The summed E-state index contributed by atoms with van der Waals surface area (Å²) in [6.45, 7) is 0. The van der Waals surface area contributed by atoms with Gasteiger partial charge in [-0.3, -0.25) is 14.6 Å². The Kier molecular flexibility index (Phi) is 5.69. The zero-order valence-electron chi connectivity index (χ0n) is 20.5. The minimum absolute atomic E-state index is 0.295. The van der Waals surface area contributed by atoms with Gasteiger partial charge in [0.25, 0.3) is 11.8 Å². The topological polar surface area (TPSA) is 110 Å². The Morgan fingerprint density at radius 1 is 0.868 bits per heavy atom. The van der Waals surface area contributed by atoms with Crippen LogP contribution in [-0.2, 0) is 14.1 Å². The molecule has 0 aliphatic carbocycles. The molecule has 0 atom stereocenters. The predicted molar refractivity (Wildman–Crippen MR) is 149 cm³/mol. The maximum absolute atomic E-state index is 13.1. The molecule has 6 rings (SSSR count). The fraction of sp³-hybridized carbons (Fsp3) is 0.0714. The molecule has 9 nitrogen and oxygen atoms in total. The third kappa shape index (κ3) is 4.39. The van der Waals surface area contributed by atoms with Crippen LogP contribution < -0.4 is 10.6 Å². The van der Waals surface area contributed by atoms with Crippen molar-refractivity contribution < 1.29 is 9.59 Å². The summed E-state index contributed by atoms with van der Waals surface area (Å²) >= 11 is 6.08. The molecule has 10 heteroatoms. The maximum atomic E-state index is 13.1. The number of nitrogens with zero attached hydrogens (tertiary/aromatic N) is 4. The number of amides is 2. The van der Waals surface area contributed by atoms with Crippen molar-refractivity contribution in [2.45, 2.75) is 0 Å². The van der Waals surface area contributed by atoms with E-state index in [1.807, 2.05) is 54.2 Å². The molecule has 0 saturated heterocycles. The molecule has 0 aliphatic heterocycles. The fourth-order valence-corrected chi connectivity index (χ4v) is 4.59. The van der Waals surface area contributed by atoms with Crippen LogP contribution in [0.5, 0.6) is 0 Å². The second kappa shape index (κ2) is 9.20. The standard InChI is InChI=1S/C28H22ClN7O2/c1-35-14-19(11-24(35)26-33-21-8-7-18(29)10-22(21)34-26)32-28(38)25-12-20(15-36(25)2)31-27(37)23-9-16-5-3-4-6-17(16)13-30-23/h3-15H,1-2H3,(H,31,37)(H,32,38)(H,33,34). The van der Waals surface area contributed by atoms with E-state index in [1.54, 1.807) is 48.3 Å². The van der Waals surface area contributed by atoms with Crippen molar-refractivity contribution in [3.63, 3.8) is 0 Å². The van der Waals surface area contributed by atoms with Gasteiger partial charge in [-0.25, -0.2) is 4.98 Å². The van der Waals surface area contributed by atoms with E-state index in [9.17, 15) is 9.59 Å². The average molecular weight is 524 g/mol. The van der Waals surface area contributed by atoms with Gasteiger partial charge < -0.3 is 24.8 Å². The van der Waals surface area contributed by atoms with Gasteiger partial charge in [-0.2, -0.15) is 0 Å². The number of pyridine rings is 1. The van der Waals surface area contributed by atoms with Gasteiger partial charge in [0.15, 0.2) is 5.82 Å². The second-order valence-corrected chi connectivity index (χ2v) is 9.46. The highest BCUT2D eigenvalue weighted by molar-refractivity contribution is 6.31. The number of hydrogen-bond acceptors (Lipinski definition) is 4. The van der Waals surface area contributed by atoms with E-state index < -0.39 is 0 Å². The molecular weight excluding hydrogens is 502 g/mol. The number of benzene rings is 2. The summed E-state index contributed by atoms with van der Waals surface area (Å²) in [5.41, 5.74) is 4.21. The first-order valence-electron chi connectivity index (χ1n) is 11.8. The fourth-order valence-electron chi connectivity index (χ4n) is 4.43. The van der Waals surface area contributed by atoms with Gasteiger partial charge in [-0.15, -0.1) is 0 Å². The van der Waals surface area contributed by atoms with E-state index in [-0.39, 0.29) is 11.8 Å². The molecule has 2 amide bonds. The van der Waals surface area contributed by atoms with E-state index >= 15 is 0 Å². The number of imidazole rings is 1. The minimum Gasteiger partial charge on any atom is -0.346 e. The van der Waals surface area contributed by atoms with Crippen LogP contribution >= 0.6 is 11.6 Å². The molecule has 4 heterocycles. The lowest BCUT2D eigenvalue weighted by molar-refractivity contribution is 0.101. The number of H-pyrrole nitrogens is 1. The Hall–Kier alpha value is -4.89. The zero-order chi connectivity index (χ0) is 26.4. The summed E-state index contributed by atoms with van der Waals surface area (Å²) in [6.07, 6.45) is 5.16. The molecule has 0 unspecified atom stereocenters. The number of rotatable bonds is 5. The molecule has 0 saturated carbocycles. The van der Waals surface area contributed by atoms with Crippen LogP contribution in [0.3, 0.4) is 0 Å². The second-order valence-electron chi connectivity index (χ2n) is 9.02. The van der Waals surface area contributed by atoms with Gasteiger partial charge in [0.2, 0.25) is 0 Å². The summed E-state index contributed by atoms with van der Waals surface area (Å²) in [5.74, 6) is -0.00469. The highest BCUT2D eigenvalue weighted by Gasteiger charge is 2.17. The molecule has 2 aromatic carbocycles. The van der Waals surface area contributed by atoms with Crippen molar-refractivity contribution in [2.24, 2.45) is 14.1 Å². The first kappa shape index (κ1) is 23.5. The van der Waals surface area contributed by atoms with Gasteiger partial charge in [0.05, 0.1) is 28.1 Å². The van der Waals surface area contributed by atoms with Crippen molar-refractivity contribution in [1.29, 1.82) is 0 Å². The summed E-state index contributed by atoms with van der Waals surface area (Å²) in [6, 6.07) is 18.4. The molecule has 6 aromatic rings. The van der Waals surface area contributed by atoms with Crippen LogP contribution in [0.2, 0.25) is 5.02 Å². The van der Waals surface area contributed by atoms with Crippen LogP contribution in [0, 0.1) is 0 Å². The van der Waals surface area contributed by atoms with Crippen LogP contribution in [0.25, 0.3) is 33.3 Å². The highest BCUT2D eigenvalue weighted by atomic mass is 35.5.